The van der Waals surface area contributed by atoms with E-state index in [4.69, 9.17) is 38.4 Å². The van der Waals surface area contributed by atoms with E-state index in [0.29, 0.717) is 34.8 Å². The van der Waals surface area contributed by atoms with Gasteiger partial charge in [-0.3, -0.25) is 0 Å². The molecule has 0 unspecified atom stereocenters. The van der Waals surface area contributed by atoms with E-state index in [1.54, 1.807) is 28.4 Å². The molecule has 11 heteroatoms. The van der Waals surface area contributed by atoms with Gasteiger partial charge in [-0.2, -0.15) is 0 Å². The summed E-state index contributed by atoms with van der Waals surface area (Å²) in [7, 11) is 6.66. The molecule has 0 radical (unpaired) electrons. The van der Waals surface area contributed by atoms with Gasteiger partial charge in [0.15, 0.2) is 23.0 Å². The van der Waals surface area contributed by atoms with E-state index >= 15 is 0 Å². The van der Waals surface area contributed by atoms with Crippen molar-refractivity contribution in [1.82, 2.24) is 0 Å². The molecule has 2 aliphatic rings. The minimum Gasteiger partial charge on any atom is -1.00 e. The molecule has 2 aliphatic heterocycles. The molecular weight excluding hydrogens is 818 g/mol. The topological polar surface area (TPSA) is 80.1 Å². The number of ether oxygens (including phenoxy) is 6. The normalized spacial score (nSPS) is 17.0. The van der Waals surface area contributed by atoms with E-state index in [2.05, 4.69) is 48.5 Å². The minimum absolute atomic E-state index is 0. The molecule has 0 amide bonds. The van der Waals surface area contributed by atoms with Gasteiger partial charge < -0.3 is 53.2 Å². The second-order valence-electron chi connectivity index (χ2n) is 13.5. The SMILES string of the molecule is COc1cccc(C2(c3cccc(OC)c3)OC(CC3=N[C@H](c4ccccc4)C(c4cccc(OC)c4)(c4cccc(OC)c4)O3)=N[C@@H]2c2ccccc2)c1.[Cl-].[Cl-].[Ni+2]. The van der Waals surface area contributed by atoms with Gasteiger partial charge in [-0.15, -0.1) is 0 Å². The van der Waals surface area contributed by atoms with Crippen LogP contribution in [0.2, 0.25) is 0 Å². The van der Waals surface area contributed by atoms with Crippen LogP contribution in [0.3, 0.4) is 0 Å². The largest absolute Gasteiger partial charge is 2.00 e. The van der Waals surface area contributed by atoms with Crippen LogP contribution in [0.1, 0.15) is 51.9 Å². The van der Waals surface area contributed by atoms with Crippen LogP contribution in [0.15, 0.2) is 168 Å². The van der Waals surface area contributed by atoms with Crippen molar-refractivity contribution >= 4 is 11.8 Å². The third-order valence-corrected chi connectivity index (χ3v) is 10.4. The zero-order valence-electron chi connectivity index (χ0n) is 32.3. The quantitative estimate of drug-likeness (QED) is 0.175. The Morgan fingerprint density at radius 2 is 0.724 bits per heavy atom. The van der Waals surface area contributed by atoms with Gasteiger partial charge >= 0.3 is 16.5 Å². The maximum atomic E-state index is 7.28. The molecular formula is C47H42Cl2N2NiO6. The molecule has 0 spiro atoms. The van der Waals surface area contributed by atoms with E-state index in [1.807, 2.05) is 109 Å². The molecule has 300 valence electrons. The van der Waals surface area contributed by atoms with Crippen LogP contribution in [0, 0.1) is 0 Å². The van der Waals surface area contributed by atoms with Crippen molar-refractivity contribution < 1.29 is 69.7 Å². The van der Waals surface area contributed by atoms with Gasteiger partial charge in [0.25, 0.3) is 0 Å². The molecule has 8 nitrogen and oxygen atoms in total. The predicted molar refractivity (Wildman–Crippen MR) is 214 cm³/mol. The first-order valence-corrected chi connectivity index (χ1v) is 18.2. The fraction of sp³-hybridized carbons (Fsp3) is 0.191. The second-order valence-corrected chi connectivity index (χ2v) is 13.5. The van der Waals surface area contributed by atoms with Crippen molar-refractivity contribution in [3.8, 4) is 23.0 Å². The number of aliphatic imine (C=N–C) groups is 2. The molecule has 2 heterocycles. The summed E-state index contributed by atoms with van der Waals surface area (Å²) < 4.78 is 37.5. The number of hydrogen-bond acceptors (Lipinski definition) is 8. The maximum absolute atomic E-state index is 7.28. The molecule has 2 atom stereocenters. The Morgan fingerprint density at radius 3 is 1.00 bits per heavy atom. The molecule has 6 aromatic carbocycles. The summed E-state index contributed by atoms with van der Waals surface area (Å²) in [5, 5.41) is 0. The van der Waals surface area contributed by atoms with Crippen molar-refractivity contribution in [2.24, 2.45) is 9.98 Å². The molecule has 6 aromatic rings. The molecule has 58 heavy (non-hydrogen) atoms. The van der Waals surface area contributed by atoms with Crippen LogP contribution in [-0.4, -0.2) is 40.2 Å². The minimum atomic E-state index is -1.09. The molecule has 8 rings (SSSR count). The smallest absolute Gasteiger partial charge is 1.00 e. The first kappa shape index (κ1) is 43.7. The average molecular weight is 860 g/mol. The van der Waals surface area contributed by atoms with Gasteiger partial charge in [-0.1, -0.05) is 109 Å². The van der Waals surface area contributed by atoms with E-state index < -0.39 is 23.3 Å². The summed E-state index contributed by atoms with van der Waals surface area (Å²) >= 11 is 0. The van der Waals surface area contributed by atoms with Crippen LogP contribution >= 0.6 is 0 Å². The van der Waals surface area contributed by atoms with Gasteiger partial charge in [0.05, 0.1) is 34.9 Å². The molecule has 0 saturated heterocycles. The van der Waals surface area contributed by atoms with Crippen molar-refractivity contribution in [3.63, 3.8) is 0 Å². The van der Waals surface area contributed by atoms with E-state index in [1.165, 1.54) is 0 Å². The molecule has 0 aromatic heterocycles. The number of halogens is 2. The maximum Gasteiger partial charge on any atom is 2.00 e. The van der Waals surface area contributed by atoms with Crippen LogP contribution in [0.25, 0.3) is 0 Å². The fourth-order valence-corrected chi connectivity index (χ4v) is 7.80. The van der Waals surface area contributed by atoms with Crippen molar-refractivity contribution in [1.29, 1.82) is 0 Å². The van der Waals surface area contributed by atoms with Gasteiger partial charge in [0.2, 0.25) is 0 Å². The van der Waals surface area contributed by atoms with Crippen molar-refractivity contribution in [2.75, 3.05) is 28.4 Å². The average Bonchev–Trinajstić information content (AvgIpc) is 3.85. The van der Waals surface area contributed by atoms with Gasteiger partial charge in [-0.05, 0) is 59.7 Å². The van der Waals surface area contributed by atoms with E-state index in [9.17, 15) is 0 Å². The Morgan fingerprint density at radius 1 is 0.431 bits per heavy atom. The fourth-order valence-electron chi connectivity index (χ4n) is 7.80. The van der Waals surface area contributed by atoms with Crippen LogP contribution in [0.4, 0.5) is 0 Å². The third-order valence-electron chi connectivity index (χ3n) is 10.4. The number of methoxy groups -OCH3 is 4. The Hall–Kier alpha value is -5.47. The first-order valence-electron chi connectivity index (χ1n) is 18.2. The zero-order chi connectivity index (χ0) is 37.8. The Labute approximate surface area is 362 Å². The van der Waals surface area contributed by atoms with E-state index in [0.717, 1.165) is 33.4 Å². The molecule has 0 aliphatic carbocycles. The number of benzene rings is 6. The van der Waals surface area contributed by atoms with Crippen LogP contribution in [-0.2, 0) is 37.2 Å². The summed E-state index contributed by atoms with van der Waals surface area (Å²) in [6, 6.07) is 51.4. The van der Waals surface area contributed by atoms with E-state index in [-0.39, 0.29) is 47.7 Å². The summed E-state index contributed by atoms with van der Waals surface area (Å²) in [6.45, 7) is 0. The number of hydrogen-bond donors (Lipinski definition) is 0. The summed E-state index contributed by atoms with van der Waals surface area (Å²) in [4.78, 5) is 10.8. The van der Waals surface area contributed by atoms with Gasteiger partial charge in [0, 0.05) is 22.3 Å². The zero-order valence-corrected chi connectivity index (χ0v) is 34.8. The van der Waals surface area contributed by atoms with Crippen LogP contribution < -0.4 is 43.8 Å². The molecule has 0 N–H and O–H groups in total. The Kier molecular flexibility index (Phi) is 14.2. The molecule has 0 saturated carbocycles. The summed E-state index contributed by atoms with van der Waals surface area (Å²) in [6.07, 6.45) is 0.193. The standard InChI is InChI=1S/C47H42N2O6.2ClH.Ni/c1-50-38-23-11-19-34(27-38)46(35-20-12-24-39(28-35)51-2)44(32-15-7-5-8-16-32)48-42(54-46)31-43-49-45(33-17-9-6-10-18-33)47(55-43,36-21-13-25-40(29-36)52-3)37-22-14-26-41(30-37)53-4;;;/h5-30,44-45H,31H2,1-4H3;2*1H;/q;;;+2/p-2/t44-,45-;;;/m1.../s1. The molecule has 0 bridgehead atoms. The monoisotopic (exact) mass is 858 g/mol. The van der Waals surface area contributed by atoms with Crippen LogP contribution in [0.5, 0.6) is 23.0 Å². The second kappa shape index (κ2) is 18.9. The number of rotatable bonds is 12. The third kappa shape index (κ3) is 7.99. The van der Waals surface area contributed by atoms with Crippen molar-refractivity contribution in [3.05, 3.63) is 191 Å². The summed E-state index contributed by atoms with van der Waals surface area (Å²) in [5.74, 6) is 3.80. The van der Waals surface area contributed by atoms with Gasteiger partial charge in [0.1, 0.15) is 35.1 Å². The van der Waals surface area contributed by atoms with Crippen molar-refractivity contribution in [2.45, 2.75) is 29.7 Å². The summed E-state index contributed by atoms with van der Waals surface area (Å²) in [5.41, 5.74) is 3.32. The predicted octanol–water partition coefficient (Wildman–Crippen LogP) is 3.64. The number of nitrogens with zero attached hydrogens (tertiary/aromatic N) is 2. The molecule has 0 fully saturated rings. The first-order chi connectivity index (χ1) is 27.0. The Bertz CT molecular complexity index is 2100. The van der Waals surface area contributed by atoms with Gasteiger partial charge in [-0.25, -0.2) is 9.98 Å². The Balaban J connectivity index is 0.00000214.